The number of aromatic nitrogens is 2. The number of halogens is 3. The van der Waals surface area contributed by atoms with Gasteiger partial charge in [-0.1, -0.05) is 18.9 Å². The van der Waals surface area contributed by atoms with Crippen LogP contribution in [-0.2, 0) is 15.7 Å². The largest absolute Gasteiger partial charge is 0.416 e. The number of nitrogens with one attached hydrogen (secondary N) is 3. The second-order valence-electron chi connectivity index (χ2n) is 8.92. The molecule has 1 aliphatic carbocycles. The molecule has 5 rings (SSSR count). The van der Waals surface area contributed by atoms with E-state index in [2.05, 4.69) is 25.9 Å². The number of hydrogen-bond acceptors (Lipinski definition) is 6. The third kappa shape index (κ3) is 4.95. The number of alkyl halides is 3. The molecule has 1 aromatic heterocycles. The summed E-state index contributed by atoms with van der Waals surface area (Å²) in [6.07, 6.45) is 1.32. The highest BCUT2D eigenvalue weighted by atomic mass is 19.4. The Kier molecular flexibility index (Phi) is 6.30. The Bertz CT molecular complexity index is 1030. The number of ether oxygens (including phenoxy) is 2. The molecule has 0 bridgehead atoms. The zero-order chi connectivity index (χ0) is 23.7. The Morgan fingerprint density at radius 1 is 1.03 bits per heavy atom. The van der Waals surface area contributed by atoms with Crippen molar-refractivity contribution in [1.82, 2.24) is 15.3 Å². The first kappa shape index (κ1) is 22.9. The van der Waals surface area contributed by atoms with Crippen molar-refractivity contribution in [3.05, 3.63) is 47.8 Å². The smallest absolute Gasteiger partial charge is 0.371 e. The van der Waals surface area contributed by atoms with Gasteiger partial charge in [-0.3, -0.25) is 0 Å². The number of carbonyl (C=O) groups excluding carboxylic acids is 1. The van der Waals surface area contributed by atoms with E-state index in [9.17, 15) is 18.0 Å². The third-order valence-electron chi connectivity index (χ3n) is 6.58. The molecule has 3 heterocycles. The molecule has 3 aliphatic rings. The van der Waals surface area contributed by atoms with E-state index in [4.69, 9.17) is 9.47 Å². The Morgan fingerprint density at radius 3 is 2.53 bits per heavy atom. The molecule has 0 radical (unpaired) electrons. The molecular weight excluding hydrogens is 451 g/mol. The average molecular weight is 477 g/mol. The van der Waals surface area contributed by atoms with Crippen LogP contribution in [0.3, 0.4) is 0 Å². The first-order chi connectivity index (χ1) is 16.4. The monoisotopic (exact) mass is 477 g/mol. The van der Waals surface area contributed by atoms with Crippen LogP contribution in [0, 0.1) is 0 Å². The molecule has 2 saturated heterocycles. The van der Waals surface area contributed by atoms with Gasteiger partial charge < -0.3 is 25.4 Å². The molecule has 3 fully saturated rings. The maximum Gasteiger partial charge on any atom is 0.416 e. The predicted octanol–water partition coefficient (Wildman–Crippen LogP) is 3.92. The summed E-state index contributed by atoms with van der Waals surface area (Å²) in [6.45, 7) is 0.590. The summed E-state index contributed by atoms with van der Waals surface area (Å²) in [5.74, 6) is 1.00. The molecule has 2 aromatic rings. The predicted molar refractivity (Wildman–Crippen MR) is 118 cm³/mol. The molecule has 2 amide bonds. The van der Waals surface area contributed by atoms with E-state index in [0.717, 1.165) is 30.7 Å². The molecule has 11 heteroatoms. The standard InChI is InChI=1S/C23H26F3N5O3/c24-23(25,26)14-6-3-7-15(10-14)28-22(32)31-18-12-34-19-17(11-33-20(18)19)30-21-27-9-8-16(29-21)13-4-1-2-5-13/h3,6-10,13,17-20H,1-2,4-5,11-12H2,(H,27,29,30)(H2,28,31,32)/t17-,18+,19-,20+/m0/s1. The van der Waals surface area contributed by atoms with Crippen LogP contribution in [0.25, 0.3) is 0 Å². The molecule has 1 aromatic carbocycles. The van der Waals surface area contributed by atoms with Crippen molar-refractivity contribution in [2.75, 3.05) is 23.8 Å². The number of amides is 2. The van der Waals surface area contributed by atoms with Gasteiger partial charge in [0.15, 0.2) is 0 Å². The second-order valence-corrected chi connectivity index (χ2v) is 8.92. The summed E-state index contributed by atoms with van der Waals surface area (Å²) < 4.78 is 50.5. The van der Waals surface area contributed by atoms with E-state index in [1.807, 2.05) is 6.07 Å². The summed E-state index contributed by atoms with van der Waals surface area (Å²) >= 11 is 0. The fraction of sp³-hybridized carbons (Fsp3) is 0.522. The maximum absolute atomic E-state index is 12.9. The van der Waals surface area contributed by atoms with Gasteiger partial charge in [0.2, 0.25) is 5.95 Å². The molecule has 3 N–H and O–H groups in total. The highest BCUT2D eigenvalue weighted by molar-refractivity contribution is 5.89. The molecule has 182 valence electrons. The minimum atomic E-state index is -4.49. The van der Waals surface area contributed by atoms with Crippen molar-refractivity contribution in [1.29, 1.82) is 0 Å². The van der Waals surface area contributed by atoms with Gasteiger partial charge >= 0.3 is 12.2 Å². The number of carbonyl (C=O) groups is 1. The Hall–Kier alpha value is -2.92. The van der Waals surface area contributed by atoms with Crippen LogP contribution in [0.5, 0.6) is 0 Å². The fourth-order valence-corrected chi connectivity index (χ4v) is 4.91. The van der Waals surface area contributed by atoms with Crippen LogP contribution in [0.2, 0.25) is 0 Å². The minimum Gasteiger partial charge on any atom is -0.371 e. The molecule has 1 saturated carbocycles. The summed E-state index contributed by atoms with van der Waals surface area (Å²) in [4.78, 5) is 21.4. The van der Waals surface area contributed by atoms with E-state index < -0.39 is 23.8 Å². The van der Waals surface area contributed by atoms with Crippen molar-refractivity contribution in [3.8, 4) is 0 Å². The Balaban J connectivity index is 1.17. The molecule has 0 unspecified atom stereocenters. The zero-order valence-electron chi connectivity index (χ0n) is 18.3. The van der Waals surface area contributed by atoms with Crippen LogP contribution in [0.4, 0.5) is 29.6 Å². The lowest BCUT2D eigenvalue weighted by Gasteiger charge is -2.19. The van der Waals surface area contributed by atoms with Crippen LogP contribution in [0.1, 0.15) is 42.9 Å². The van der Waals surface area contributed by atoms with E-state index in [1.165, 1.54) is 25.0 Å². The van der Waals surface area contributed by atoms with Crippen molar-refractivity contribution in [3.63, 3.8) is 0 Å². The van der Waals surface area contributed by atoms with Gasteiger partial charge in [-0.15, -0.1) is 0 Å². The van der Waals surface area contributed by atoms with E-state index in [-0.39, 0.29) is 30.5 Å². The number of nitrogens with zero attached hydrogens (tertiary/aromatic N) is 2. The van der Waals surface area contributed by atoms with Crippen LogP contribution in [0.15, 0.2) is 36.5 Å². The summed E-state index contributed by atoms with van der Waals surface area (Å²) in [5, 5.41) is 8.50. The molecule has 2 aliphatic heterocycles. The Labute approximate surface area is 194 Å². The SMILES string of the molecule is O=C(Nc1cccc(C(F)(F)F)c1)N[C@@H]1CO[C@@H]2[C@@H]1OC[C@@H]2Nc1nccc(C2CCCC2)n1. The topological polar surface area (TPSA) is 97.4 Å². The van der Waals surface area contributed by atoms with E-state index in [1.54, 1.807) is 6.20 Å². The van der Waals surface area contributed by atoms with Crippen molar-refractivity contribution in [2.24, 2.45) is 0 Å². The average Bonchev–Trinajstić information content (AvgIpc) is 3.54. The number of rotatable bonds is 5. The van der Waals surface area contributed by atoms with E-state index >= 15 is 0 Å². The molecule has 34 heavy (non-hydrogen) atoms. The first-order valence-electron chi connectivity index (χ1n) is 11.4. The summed E-state index contributed by atoms with van der Waals surface area (Å²) in [7, 11) is 0. The maximum atomic E-state index is 12.9. The lowest BCUT2D eigenvalue weighted by molar-refractivity contribution is -0.137. The number of anilines is 2. The van der Waals surface area contributed by atoms with Gasteiger partial charge in [-0.05, 0) is 37.1 Å². The molecular formula is C23H26F3N5O3. The minimum absolute atomic E-state index is 0.0500. The normalized spacial score (nSPS) is 26.9. The fourth-order valence-electron chi connectivity index (χ4n) is 4.91. The van der Waals surface area contributed by atoms with Gasteiger partial charge in [-0.2, -0.15) is 13.2 Å². The summed E-state index contributed by atoms with van der Waals surface area (Å²) in [5.41, 5.74) is 0.263. The first-order valence-corrected chi connectivity index (χ1v) is 11.4. The lowest BCUT2D eigenvalue weighted by atomic mass is 10.0. The van der Waals surface area contributed by atoms with Crippen LogP contribution >= 0.6 is 0 Å². The molecule has 4 atom stereocenters. The van der Waals surface area contributed by atoms with Gasteiger partial charge in [-0.25, -0.2) is 14.8 Å². The van der Waals surface area contributed by atoms with Crippen LogP contribution in [-0.4, -0.2) is 53.5 Å². The lowest BCUT2D eigenvalue weighted by Crippen LogP contribution is -2.46. The third-order valence-corrected chi connectivity index (χ3v) is 6.58. The van der Waals surface area contributed by atoms with Gasteiger partial charge in [0.1, 0.15) is 12.2 Å². The number of urea groups is 1. The van der Waals surface area contributed by atoms with E-state index in [0.29, 0.717) is 18.5 Å². The highest BCUT2D eigenvalue weighted by Gasteiger charge is 2.48. The van der Waals surface area contributed by atoms with Crippen LogP contribution < -0.4 is 16.0 Å². The van der Waals surface area contributed by atoms with Gasteiger partial charge in [0.05, 0.1) is 30.9 Å². The van der Waals surface area contributed by atoms with Crippen molar-refractivity contribution in [2.45, 2.75) is 62.1 Å². The molecule has 8 nitrogen and oxygen atoms in total. The van der Waals surface area contributed by atoms with Gasteiger partial charge in [0, 0.05) is 23.5 Å². The number of hydrogen-bond donors (Lipinski definition) is 3. The summed E-state index contributed by atoms with van der Waals surface area (Å²) in [6, 6.07) is 5.20. The number of benzene rings is 1. The zero-order valence-corrected chi connectivity index (χ0v) is 18.3. The number of fused-ring (bicyclic) bond motifs is 1. The van der Waals surface area contributed by atoms with Crippen molar-refractivity contribution >= 4 is 17.7 Å². The molecule has 0 spiro atoms. The Morgan fingerprint density at radius 2 is 1.76 bits per heavy atom. The van der Waals surface area contributed by atoms with Gasteiger partial charge in [0.25, 0.3) is 0 Å². The second kappa shape index (κ2) is 9.38. The van der Waals surface area contributed by atoms with Crippen molar-refractivity contribution < 1.29 is 27.4 Å². The highest BCUT2D eigenvalue weighted by Crippen LogP contribution is 2.34. The quantitative estimate of drug-likeness (QED) is 0.604.